The lowest BCUT2D eigenvalue weighted by Gasteiger charge is -2.03. The van der Waals surface area contributed by atoms with Gasteiger partial charge < -0.3 is 10.2 Å². The average Bonchev–Trinajstić information content (AvgIpc) is 2.38. The molecule has 0 heterocycles. The highest BCUT2D eigenvalue weighted by atomic mass is 16.4. The first kappa shape index (κ1) is 11.9. The van der Waals surface area contributed by atoms with E-state index >= 15 is 0 Å². The van der Waals surface area contributed by atoms with Gasteiger partial charge in [-0.3, -0.25) is 4.79 Å². The highest BCUT2D eigenvalue weighted by molar-refractivity contribution is 6.38. The molecule has 0 unspecified atom stereocenters. The zero-order valence-corrected chi connectivity index (χ0v) is 9.33. The van der Waals surface area contributed by atoms with Crippen LogP contribution in [-0.2, 0) is 9.59 Å². The number of phenolic OH excluding ortho intramolecular Hbond substituents is 1. The summed E-state index contributed by atoms with van der Waals surface area (Å²) in [5.41, 5.74) is 0.406. The van der Waals surface area contributed by atoms with Crippen LogP contribution in [0.1, 0.15) is 5.56 Å². The number of ketones is 1. The maximum atomic E-state index is 10.9. The largest absolute Gasteiger partial charge is 0.507 e. The topological polar surface area (TPSA) is 74.6 Å². The van der Waals surface area contributed by atoms with E-state index in [-0.39, 0.29) is 5.75 Å². The molecule has 0 radical (unpaired) electrons. The number of hydrogen-bond acceptors (Lipinski definition) is 3. The summed E-state index contributed by atoms with van der Waals surface area (Å²) in [6.45, 7) is 0. The first-order chi connectivity index (χ1) is 8.59. The summed E-state index contributed by atoms with van der Waals surface area (Å²) in [5.74, 6) is -2.52. The summed E-state index contributed by atoms with van der Waals surface area (Å²) < 4.78 is 0. The van der Waals surface area contributed by atoms with E-state index in [2.05, 4.69) is 0 Å². The van der Waals surface area contributed by atoms with Crippen LogP contribution in [0.15, 0.2) is 42.5 Å². The maximum Gasteiger partial charge on any atom is 0.376 e. The van der Waals surface area contributed by atoms with Crippen LogP contribution in [0.2, 0.25) is 0 Å². The van der Waals surface area contributed by atoms with E-state index in [0.29, 0.717) is 10.9 Å². The lowest BCUT2D eigenvalue weighted by Crippen LogP contribution is -2.08. The smallest absolute Gasteiger partial charge is 0.376 e. The van der Waals surface area contributed by atoms with Crippen molar-refractivity contribution >= 4 is 28.6 Å². The molecule has 0 fully saturated rings. The lowest BCUT2D eigenvalue weighted by molar-refractivity contribution is -0.146. The number of carboxylic acid groups (broad SMARTS) is 1. The van der Waals surface area contributed by atoms with Gasteiger partial charge in [0.2, 0.25) is 0 Å². The third-order valence-corrected chi connectivity index (χ3v) is 2.56. The molecule has 90 valence electrons. The Morgan fingerprint density at radius 1 is 1.06 bits per heavy atom. The fourth-order valence-electron chi connectivity index (χ4n) is 1.64. The fourth-order valence-corrected chi connectivity index (χ4v) is 1.64. The van der Waals surface area contributed by atoms with Crippen LogP contribution in [0.4, 0.5) is 0 Å². The van der Waals surface area contributed by atoms with Crippen LogP contribution in [0.25, 0.3) is 16.8 Å². The molecule has 2 N–H and O–H groups in total. The Morgan fingerprint density at radius 2 is 1.78 bits per heavy atom. The molecule has 0 aliphatic heterocycles. The molecular weight excluding hydrogens is 232 g/mol. The fraction of sp³-hybridized carbons (Fsp3) is 0. The number of phenols is 1. The third-order valence-electron chi connectivity index (χ3n) is 2.56. The monoisotopic (exact) mass is 242 g/mol. The number of hydrogen-bond donors (Lipinski definition) is 2. The predicted octanol–water partition coefficient (Wildman–Crippen LogP) is 2.21. The van der Waals surface area contributed by atoms with E-state index < -0.39 is 11.8 Å². The first-order valence-corrected chi connectivity index (χ1v) is 5.25. The van der Waals surface area contributed by atoms with E-state index in [0.717, 1.165) is 11.5 Å². The number of carbonyl (C=O) groups excluding carboxylic acids is 1. The van der Waals surface area contributed by atoms with E-state index in [1.54, 1.807) is 24.3 Å². The third kappa shape index (κ3) is 2.22. The second-order valence-corrected chi connectivity index (χ2v) is 3.73. The average molecular weight is 242 g/mol. The van der Waals surface area contributed by atoms with Gasteiger partial charge in [0, 0.05) is 10.9 Å². The van der Waals surface area contributed by atoms with E-state index in [4.69, 9.17) is 5.11 Å². The molecule has 0 bridgehead atoms. The van der Waals surface area contributed by atoms with Crippen molar-refractivity contribution in [3.8, 4) is 5.75 Å². The number of aliphatic carboxylic acids is 1. The van der Waals surface area contributed by atoms with Crippen LogP contribution < -0.4 is 0 Å². The van der Waals surface area contributed by atoms with Crippen LogP contribution in [0, 0.1) is 0 Å². The molecule has 0 aliphatic carbocycles. The zero-order valence-electron chi connectivity index (χ0n) is 9.33. The summed E-state index contributed by atoms with van der Waals surface area (Å²) in [5, 5.41) is 20.0. The van der Waals surface area contributed by atoms with Crippen LogP contribution in [0.5, 0.6) is 5.75 Å². The molecule has 18 heavy (non-hydrogen) atoms. The quantitative estimate of drug-likeness (QED) is 0.639. The van der Waals surface area contributed by atoms with E-state index in [9.17, 15) is 14.7 Å². The number of rotatable bonds is 3. The molecular formula is C14H10O4. The highest BCUT2D eigenvalue weighted by Gasteiger charge is 2.07. The summed E-state index contributed by atoms with van der Waals surface area (Å²) >= 11 is 0. The van der Waals surface area contributed by atoms with Crippen molar-refractivity contribution in [2.45, 2.75) is 0 Å². The maximum absolute atomic E-state index is 10.9. The Bertz CT molecular complexity index is 656. The zero-order chi connectivity index (χ0) is 13.1. The number of aromatic hydroxyl groups is 1. The molecule has 2 rings (SSSR count). The highest BCUT2D eigenvalue weighted by Crippen LogP contribution is 2.29. The van der Waals surface area contributed by atoms with Gasteiger partial charge >= 0.3 is 5.97 Å². The Hall–Kier alpha value is -2.62. The van der Waals surface area contributed by atoms with Gasteiger partial charge in [-0.25, -0.2) is 4.79 Å². The molecule has 2 aromatic carbocycles. The molecule has 4 heteroatoms. The van der Waals surface area contributed by atoms with Gasteiger partial charge in [-0.1, -0.05) is 36.4 Å². The van der Waals surface area contributed by atoms with E-state index in [1.165, 1.54) is 6.08 Å². The van der Waals surface area contributed by atoms with Crippen LogP contribution in [-0.4, -0.2) is 22.0 Å². The van der Waals surface area contributed by atoms with Gasteiger partial charge in [-0.2, -0.15) is 0 Å². The molecule has 0 saturated carbocycles. The Morgan fingerprint density at radius 3 is 2.50 bits per heavy atom. The van der Waals surface area contributed by atoms with Crippen molar-refractivity contribution in [1.29, 1.82) is 0 Å². The number of carboxylic acids is 1. The summed E-state index contributed by atoms with van der Waals surface area (Å²) in [4.78, 5) is 21.3. The SMILES string of the molecule is O=C(O)C(=O)C=Cc1ccc2ccccc2c1O. The summed E-state index contributed by atoms with van der Waals surface area (Å²) in [6.07, 6.45) is 2.21. The Labute approximate surface area is 103 Å². The van der Waals surface area contributed by atoms with Gasteiger partial charge in [0.25, 0.3) is 5.78 Å². The van der Waals surface area contributed by atoms with Crippen LogP contribution in [0.3, 0.4) is 0 Å². The van der Waals surface area contributed by atoms with Gasteiger partial charge in [0.05, 0.1) is 0 Å². The van der Waals surface area contributed by atoms with Crippen molar-refractivity contribution < 1.29 is 19.8 Å². The van der Waals surface area contributed by atoms with Crippen molar-refractivity contribution in [3.63, 3.8) is 0 Å². The van der Waals surface area contributed by atoms with Crippen molar-refractivity contribution in [2.75, 3.05) is 0 Å². The molecule has 0 aromatic heterocycles. The molecule has 0 saturated heterocycles. The lowest BCUT2D eigenvalue weighted by atomic mass is 10.0. The molecule has 0 spiro atoms. The first-order valence-electron chi connectivity index (χ1n) is 5.25. The van der Waals surface area contributed by atoms with E-state index in [1.807, 2.05) is 12.1 Å². The normalized spacial score (nSPS) is 10.9. The molecule has 0 aliphatic rings. The standard InChI is InChI=1S/C14H10O4/c15-12(14(17)18)8-7-10-6-5-9-3-1-2-4-11(9)13(10)16/h1-8,16H,(H,17,18). The van der Waals surface area contributed by atoms with Gasteiger partial charge in [0.1, 0.15) is 5.75 Å². The number of benzene rings is 2. The van der Waals surface area contributed by atoms with Gasteiger partial charge in [0.15, 0.2) is 0 Å². The number of carbonyl (C=O) groups is 2. The number of fused-ring (bicyclic) bond motifs is 1. The molecule has 0 amide bonds. The Balaban J connectivity index is 2.44. The van der Waals surface area contributed by atoms with Crippen molar-refractivity contribution in [3.05, 3.63) is 48.0 Å². The van der Waals surface area contributed by atoms with Crippen molar-refractivity contribution in [1.82, 2.24) is 0 Å². The second kappa shape index (κ2) is 4.71. The van der Waals surface area contributed by atoms with Crippen LogP contribution >= 0.6 is 0 Å². The van der Waals surface area contributed by atoms with Crippen molar-refractivity contribution in [2.24, 2.45) is 0 Å². The minimum atomic E-state index is -1.52. The van der Waals surface area contributed by atoms with Gasteiger partial charge in [-0.15, -0.1) is 0 Å². The summed E-state index contributed by atoms with van der Waals surface area (Å²) in [6, 6.07) is 10.7. The molecule has 2 aromatic rings. The summed E-state index contributed by atoms with van der Waals surface area (Å²) in [7, 11) is 0. The Kier molecular flexibility index (Phi) is 3.10. The predicted molar refractivity (Wildman–Crippen MR) is 67.3 cm³/mol. The molecule has 0 atom stereocenters. The minimum Gasteiger partial charge on any atom is -0.507 e. The second-order valence-electron chi connectivity index (χ2n) is 3.73. The van der Waals surface area contributed by atoms with Gasteiger partial charge in [-0.05, 0) is 17.5 Å². The minimum absolute atomic E-state index is 0.0301. The molecule has 4 nitrogen and oxygen atoms in total.